The molecule has 0 spiro atoms. The van der Waals surface area contributed by atoms with Gasteiger partial charge in [-0.2, -0.15) is 0 Å². The van der Waals surface area contributed by atoms with Crippen LogP contribution in [0.5, 0.6) is 5.75 Å². The molecule has 0 radical (unpaired) electrons. The van der Waals surface area contributed by atoms with Gasteiger partial charge in [0.1, 0.15) is 5.75 Å². The molecule has 1 rings (SSSR count). The first kappa shape index (κ1) is 17.7. The number of benzene rings is 1. The molecular formula is C13H16BrClN2O4. The predicted molar refractivity (Wildman–Crippen MR) is 82.0 cm³/mol. The number of phenols is 1. The number of aromatic hydroxyl groups is 1. The molecule has 0 aromatic heterocycles. The molecule has 1 aromatic carbocycles. The zero-order valence-corrected chi connectivity index (χ0v) is 13.7. The molecule has 0 aliphatic rings. The summed E-state index contributed by atoms with van der Waals surface area (Å²) in [4.78, 5) is 23.1. The van der Waals surface area contributed by atoms with Crippen LogP contribution in [0.4, 0.5) is 0 Å². The maximum absolute atomic E-state index is 11.6. The number of nitrogens with two attached hydrogens (primary N) is 1. The predicted octanol–water partition coefficient (Wildman–Crippen LogP) is 1.88. The minimum atomic E-state index is -0.782. The first-order valence-corrected chi connectivity index (χ1v) is 7.39. The molecule has 0 saturated carbocycles. The van der Waals surface area contributed by atoms with E-state index in [0.29, 0.717) is 10.0 Å². The molecule has 1 aromatic rings. The van der Waals surface area contributed by atoms with Gasteiger partial charge in [0.15, 0.2) is 0 Å². The number of carbonyl (C=O) groups is 2. The van der Waals surface area contributed by atoms with Crippen LogP contribution in [-0.2, 0) is 14.3 Å². The summed E-state index contributed by atoms with van der Waals surface area (Å²) in [5.74, 6) is -1.17. The Morgan fingerprint density at radius 1 is 1.52 bits per heavy atom. The van der Waals surface area contributed by atoms with E-state index in [9.17, 15) is 14.7 Å². The third-order valence-electron chi connectivity index (χ3n) is 2.63. The summed E-state index contributed by atoms with van der Waals surface area (Å²) in [5, 5.41) is 12.7. The smallest absolute Gasteiger partial charge is 0.308 e. The third-order valence-corrected chi connectivity index (χ3v) is 3.38. The molecule has 0 heterocycles. The van der Waals surface area contributed by atoms with Crippen molar-refractivity contribution in [1.82, 2.24) is 5.32 Å². The largest absolute Gasteiger partial charge is 0.506 e. The van der Waals surface area contributed by atoms with E-state index in [1.54, 1.807) is 13.0 Å². The Morgan fingerprint density at radius 2 is 2.19 bits per heavy atom. The summed E-state index contributed by atoms with van der Waals surface area (Å²) in [6, 6.07) is 2.30. The number of halogens is 2. The van der Waals surface area contributed by atoms with Crippen molar-refractivity contribution < 1.29 is 19.4 Å². The molecule has 21 heavy (non-hydrogen) atoms. The number of amides is 1. The Balaban J connectivity index is 3.10. The quantitative estimate of drug-likeness (QED) is 0.655. The van der Waals surface area contributed by atoms with Crippen LogP contribution in [0, 0.1) is 0 Å². The standard InChI is InChI=1S/C13H16BrClN2O4/c1-2-21-12(19)5-10(17-11(18)6-16)8-3-7(14)4-9(15)13(8)20/h3-4,10,20H,2,5-6,16H2,1H3,(H,17,18)/t10-/m0/s1. The molecule has 1 atom stereocenters. The van der Waals surface area contributed by atoms with Gasteiger partial charge in [0.2, 0.25) is 5.91 Å². The fourth-order valence-corrected chi connectivity index (χ4v) is 2.56. The molecule has 0 aliphatic heterocycles. The molecule has 6 nitrogen and oxygen atoms in total. The number of hydrogen-bond donors (Lipinski definition) is 3. The van der Waals surface area contributed by atoms with Crippen molar-refractivity contribution in [2.75, 3.05) is 13.2 Å². The van der Waals surface area contributed by atoms with Gasteiger partial charge in [-0.15, -0.1) is 0 Å². The molecule has 0 fully saturated rings. The van der Waals surface area contributed by atoms with Crippen molar-refractivity contribution in [1.29, 1.82) is 0 Å². The van der Waals surface area contributed by atoms with Crippen LogP contribution in [0.2, 0.25) is 5.02 Å². The third kappa shape index (κ3) is 5.18. The first-order chi connectivity index (χ1) is 9.88. The van der Waals surface area contributed by atoms with E-state index in [1.807, 2.05) is 0 Å². The number of rotatable bonds is 6. The zero-order valence-electron chi connectivity index (χ0n) is 11.4. The monoisotopic (exact) mass is 378 g/mol. The normalized spacial score (nSPS) is 11.8. The number of ether oxygens (including phenoxy) is 1. The van der Waals surface area contributed by atoms with E-state index in [0.717, 1.165) is 0 Å². The van der Waals surface area contributed by atoms with Crippen molar-refractivity contribution in [3.05, 3.63) is 27.2 Å². The molecule has 4 N–H and O–H groups in total. The maximum Gasteiger partial charge on any atom is 0.308 e. The van der Waals surface area contributed by atoms with Gasteiger partial charge >= 0.3 is 5.97 Å². The Bertz CT molecular complexity index is 539. The number of esters is 1. The average Bonchev–Trinajstić information content (AvgIpc) is 2.42. The van der Waals surface area contributed by atoms with Crippen molar-refractivity contribution in [3.63, 3.8) is 0 Å². The highest BCUT2D eigenvalue weighted by Gasteiger charge is 2.23. The van der Waals surface area contributed by atoms with E-state index < -0.39 is 17.9 Å². The second-order valence-corrected chi connectivity index (χ2v) is 5.48. The summed E-state index contributed by atoms with van der Waals surface area (Å²) >= 11 is 9.14. The van der Waals surface area contributed by atoms with Crippen molar-refractivity contribution >= 4 is 39.4 Å². The van der Waals surface area contributed by atoms with Gasteiger partial charge in [0.05, 0.1) is 30.6 Å². The topological polar surface area (TPSA) is 102 Å². The SMILES string of the molecule is CCOC(=O)C[C@H](NC(=O)CN)c1cc(Br)cc(Cl)c1O. The summed E-state index contributed by atoms with van der Waals surface area (Å²) in [6.07, 6.45) is -0.139. The van der Waals surface area contributed by atoms with Crippen LogP contribution < -0.4 is 11.1 Å². The lowest BCUT2D eigenvalue weighted by Gasteiger charge is -2.20. The lowest BCUT2D eigenvalue weighted by atomic mass is 10.0. The summed E-state index contributed by atoms with van der Waals surface area (Å²) in [5.41, 5.74) is 5.57. The highest BCUT2D eigenvalue weighted by molar-refractivity contribution is 9.10. The van der Waals surface area contributed by atoms with Crippen LogP contribution >= 0.6 is 27.5 Å². The van der Waals surface area contributed by atoms with Crippen LogP contribution in [0.1, 0.15) is 24.9 Å². The molecule has 116 valence electrons. The second-order valence-electron chi connectivity index (χ2n) is 4.16. The van der Waals surface area contributed by atoms with Crippen LogP contribution in [0.25, 0.3) is 0 Å². The number of phenolic OH excluding ortho intramolecular Hbond substituents is 1. The van der Waals surface area contributed by atoms with Crippen molar-refractivity contribution in [2.45, 2.75) is 19.4 Å². The average molecular weight is 380 g/mol. The van der Waals surface area contributed by atoms with Gasteiger partial charge in [0, 0.05) is 10.0 Å². The highest BCUT2D eigenvalue weighted by atomic mass is 79.9. The van der Waals surface area contributed by atoms with E-state index >= 15 is 0 Å². The second kappa shape index (κ2) is 8.21. The van der Waals surface area contributed by atoms with E-state index in [4.69, 9.17) is 22.1 Å². The molecule has 0 bridgehead atoms. The Kier molecular flexibility index (Phi) is 6.94. The van der Waals surface area contributed by atoms with Crippen LogP contribution in [-0.4, -0.2) is 30.1 Å². The van der Waals surface area contributed by atoms with Gasteiger partial charge in [-0.05, 0) is 19.1 Å². The van der Waals surface area contributed by atoms with Gasteiger partial charge < -0.3 is 20.9 Å². The lowest BCUT2D eigenvalue weighted by Crippen LogP contribution is -2.35. The fourth-order valence-electron chi connectivity index (χ4n) is 1.73. The number of nitrogens with one attached hydrogen (secondary N) is 1. The molecule has 0 saturated heterocycles. The number of hydrogen-bond acceptors (Lipinski definition) is 5. The Morgan fingerprint density at radius 3 is 2.76 bits per heavy atom. The Hall–Kier alpha value is -1.31. The highest BCUT2D eigenvalue weighted by Crippen LogP contribution is 2.36. The molecule has 0 aliphatic carbocycles. The van der Waals surface area contributed by atoms with E-state index in [-0.39, 0.29) is 30.3 Å². The first-order valence-electron chi connectivity index (χ1n) is 6.22. The minimum Gasteiger partial charge on any atom is -0.506 e. The summed E-state index contributed by atoms with van der Waals surface area (Å²) in [7, 11) is 0. The lowest BCUT2D eigenvalue weighted by molar-refractivity contribution is -0.143. The van der Waals surface area contributed by atoms with Crippen molar-refractivity contribution in [3.8, 4) is 5.75 Å². The molecular weight excluding hydrogens is 364 g/mol. The van der Waals surface area contributed by atoms with E-state index in [2.05, 4.69) is 21.2 Å². The van der Waals surface area contributed by atoms with Crippen LogP contribution in [0.15, 0.2) is 16.6 Å². The Labute approximate surface area is 135 Å². The van der Waals surface area contributed by atoms with Gasteiger partial charge in [0.25, 0.3) is 0 Å². The van der Waals surface area contributed by atoms with E-state index in [1.165, 1.54) is 6.07 Å². The molecule has 8 heteroatoms. The summed E-state index contributed by atoms with van der Waals surface area (Å²) in [6.45, 7) is 1.67. The van der Waals surface area contributed by atoms with Crippen molar-refractivity contribution in [2.24, 2.45) is 5.73 Å². The molecule has 0 unspecified atom stereocenters. The van der Waals surface area contributed by atoms with Gasteiger partial charge in [-0.25, -0.2) is 0 Å². The fraction of sp³-hybridized carbons (Fsp3) is 0.385. The van der Waals surface area contributed by atoms with Crippen LogP contribution in [0.3, 0.4) is 0 Å². The van der Waals surface area contributed by atoms with Gasteiger partial charge in [-0.3, -0.25) is 9.59 Å². The molecule has 1 amide bonds. The summed E-state index contributed by atoms with van der Waals surface area (Å²) < 4.78 is 5.47. The maximum atomic E-state index is 11.6. The minimum absolute atomic E-state index is 0.107. The van der Waals surface area contributed by atoms with Gasteiger partial charge in [-0.1, -0.05) is 27.5 Å². The zero-order chi connectivity index (χ0) is 16.0. The number of carbonyl (C=O) groups excluding carboxylic acids is 2.